The van der Waals surface area contributed by atoms with Crippen LogP contribution < -0.4 is 0 Å². The Morgan fingerprint density at radius 2 is 1.25 bits per heavy atom. The van der Waals surface area contributed by atoms with E-state index in [2.05, 4.69) is 0 Å². The van der Waals surface area contributed by atoms with E-state index in [4.69, 9.17) is 9.47 Å². The van der Waals surface area contributed by atoms with Crippen molar-refractivity contribution < 1.29 is 28.7 Å². The standard InChI is InChI=1S/C24H28N2O6/c1-3-26(15-14-21(27)31-17-19-10-6-4-7-11-19)24(30)23(29)25(2)16-22(28)32-18-20-12-8-5-9-13-20/h4-13H,3,14-18H2,1-2H3. The summed E-state index contributed by atoms with van der Waals surface area (Å²) < 4.78 is 10.3. The first-order valence-corrected chi connectivity index (χ1v) is 10.3. The van der Waals surface area contributed by atoms with Gasteiger partial charge in [0.1, 0.15) is 19.8 Å². The number of amides is 2. The predicted molar refractivity (Wildman–Crippen MR) is 117 cm³/mol. The largest absolute Gasteiger partial charge is 0.461 e. The molecule has 0 N–H and O–H groups in total. The lowest BCUT2D eigenvalue weighted by Gasteiger charge is -2.23. The van der Waals surface area contributed by atoms with Crippen LogP contribution in [0.2, 0.25) is 0 Å². The van der Waals surface area contributed by atoms with Crippen LogP contribution in [-0.2, 0) is 41.9 Å². The van der Waals surface area contributed by atoms with Gasteiger partial charge in [0, 0.05) is 20.1 Å². The van der Waals surface area contributed by atoms with E-state index in [1.165, 1.54) is 11.9 Å². The lowest BCUT2D eigenvalue weighted by Crippen LogP contribution is -2.46. The zero-order valence-electron chi connectivity index (χ0n) is 18.4. The molecule has 0 aliphatic rings. The number of nitrogens with zero attached hydrogens (tertiary/aromatic N) is 2. The molecular weight excluding hydrogens is 412 g/mol. The average molecular weight is 440 g/mol. The van der Waals surface area contributed by atoms with Crippen LogP contribution >= 0.6 is 0 Å². The maximum absolute atomic E-state index is 12.5. The fourth-order valence-corrected chi connectivity index (χ4v) is 2.79. The Bertz CT molecular complexity index is 901. The molecule has 0 atom stereocenters. The van der Waals surface area contributed by atoms with Crippen LogP contribution in [-0.4, -0.2) is 60.2 Å². The second-order valence-electron chi connectivity index (χ2n) is 7.09. The number of ether oxygens (including phenoxy) is 2. The van der Waals surface area contributed by atoms with Crippen molar-refractivity contribution in [2.24, 2.45) is 0 Å². The van der Waals surface area contributed by atoms with Gasteiger partial charge in [-0.05, 0) is 18.1 Å². The van der Waals surface area contributed by atoms with E-state index in [1.54, 1.807) is 6.92 Å². The molecule has 0 heterocycles. The quantitative estimate of drug-likeness (QED) is 0.415. The Balaban J connectivity index is 1.75. The summed E-state index contributed by atoms with van der Waals surface area (Å²) in [7, 11) is 1.35. The molecule has 2 amide bonds. The van der Waals surface area contributed by atoms with Gasteiger partial charge in [0.25, 0.3) is 0 Å². The highest BCUT2D eigenvalue weighted by Crippen LogP contribution is 2.04. The van der Waals surface area contributed by atoms with Crippen LogP contribution in [0, 0.1) is 0 Å². The highest BCUT2D eigenvalue weighted by atomic mass is 16.5. The molecule has 0 unspecified atom stereocenters. The minimum absolute atomic E-state index is 0.0392. The third-order valence-electron chi connectivity index (χ3n) is 4.64. The number of rotatable bonds is 10. The first kappa shape index (κ1) is 24.6. The van der Waals surface area contributed by atoms with E-state index in [-0.39, 0.29) is 39.3 Å². The normalized spacial score (nSPS) is 10.2. The molecule has 2 rings (SSSR count). The van der Waals surface area contributed by atoms with Gasteiger partial charge in [0.15, 0.2) is 0 Å². The SMILES string of the molecule is CCN(CCC(=O)OCc1ccccc1)C(=O)C(=O)N(C)CC(=O)OCc1ccccc1. The van der Waals surface area contributed by atoms with E-state index >= 15 is 0 Å². The van der Waals surface area contributed by atoms with Crippen molar-refractivity contribution in [2.45, 2.75) is 26.6 Å². The van der Waals surface area contributed by atoms with Crippen LogP contribution in [0.3, 0.4) is 0 Å². The van der Waals surface area contributed by atoms with E-state index < -0.39 is 23.8 Å². The van der Waals surface area contributed by atoms with Gasteiger partial charge in [-0.3, -0.25) is 19.2 Å². The molecule has 2 aromatic carbocycles. The van der Waals surface area contributed by atoms with Crippen LogP contribution in [0.5, 0.6) is 0 Å². The van der Waals surface area contributed by atoms with Crippen LogP contribution in [0.4, 0.5) is 0 Å². The molecule has 170 valence electrons. The number of carbonyl (C=O) groups is 4. The fraction of sp³-hybridized carbons (Fsp3) is 0.333. The van der Waals surface area contributed by atoms with Crippen molar-refractivity contribution in [3.63, 3.8) is 0 Å². The van der Waals surface area contributed by atoms with Gasteiger partial charge in [0.2, 0.25) is 0 Å². The summed E-state index contributed by atoms with van der Waals surface area (Å²) in [6, 6.07) is 18.4. The molecule has 0 aliphatic heterocycles. The number of esters is 2. The lowest BCUT2D eigenvalue weighted by molar-refractivity contribution is -0.155. The number of hydrogen-bond donors (Lipinski definition) is 0. The highest BCUT2D eigenvalue weighted by Gasteiger charge is 2.26. The first-order chi connectivity index (χ1) is 15.4. The lowest BCUT2D eigenvalue weighted by atomic mass is 10.2. The maximum atomic E-state index is 12.5. The van der Waals surface area contributed by atoms with Crippen molar-refractivity contribution in [1.29, 1.82) is 0 Å². The Kier molecular flexibility index (Phi) is 9.90. The van der Waals surface area contributed by atoms with E-state index in [1.807, 2.05) is 60.7 Å². The minimum Gasteiger partial charge on any atom is -0.461 e. The van der Waals surface area contributed by atoms with Crippen molar-refractivity contribution in [2.75, 3.05) is 26.7 Å². The number of likely N-dealkylation sites (N-methyl/N-ethyl adjacent to an activating group) is 2. The van der Waals surface area contributed by atoms with Crippen LogP contribution in [0.15, 0.2) is 60.7 Å². The topological polar surface area (TPSA) is 93.2 Å². The monoisotopic (exact) mass is 440 g/mol. The average Bonchev–Trinajstić information content (AvgIpc) is 2.82. The zero-order chi connectivity index (χ0) is 23.3. The van der Waals surface area contributed by atoms with Gasteiger partial charge in [-0.25, -0.2) is 0 Å². The Morgan fingerprint density at radius 3 is 1.75 bits per heavy atom. The second-order valence-corrected chi connectivity index (χ2v) is 7.09. The molecule has 2 aromatic rings. The van der Waals surface area contributed by atoms with Gasteiger partial charge in [0.05, 0.1) is 6.42 Å². The first-order valence-electron chi connectivity index (χ1n) is 10.3. The molecule has 0 radical (unpaired) electrons. The highest BCUT2D eigenvalue weighted by molar-refractivity contribution is 6.35. The van der Waals surface area contributed by atoms with Crippen LogP contribution in [0.1, 0.15) is 24.5 Å². The smallest absolute Gasteiger partial charge is 0.325 e. The summed E-state index contributed by atoms with van der Waals surface area (Å²) in [5.74, 6) is -2.72. The number of hydrogen-bond acceptors (Lipinski definition) is 6. The van der Waals surface area contributed by atoms with Crippen LogP contribution in [0.25, 0.3) is 0 Å². The summed E-state index contributed by atoms with van der Waals surface area (Å²) in [5, 5.41) is 0. The van der Waals surface area contributed by atoms with Gasteiger partial charge >= 0.3 is 23.8 Å². The zero-order valence-corrected chi connectivity index (χ0v) is 18.4. The van der Waals surface area contributed by atoms with Crippen molar-refractivity contribution in [1.82, 2.24) is 9.80 Å². The predicted octanol–water partition coefficient (Wildman–Crippen LogP) is 2.17. The number of benzene rings is 2. The third-order valence-corrected chi connectivity index (χ3v) is 4.64. The summed E-state index contributed by atoms with van der Waals surface area (Å²) >= 11 is 0. The molecule has 0 saturated heterocycles. The van der Waals surface area contributed by atoms with Gasteiger partial charge in [-0.2, -0.15) is 0 Å². The molecular formula is C24H28N2O6. The molecule has 0 aromatic heterocycles. The van der Waals surface area contributed by atoms with Crippen molar-refractivity contribution >= 4 is 23.8 Å². The molecule has 0 bridgehead atoms. The molecule has 32 heavy (non-hydrogen) atoms. The van der Waals surface area contributed by atoms with Gasteiger partial charge < -0.3 is 19.3 Å². The van der Waals surface area contributed by atoms with E-state index in [9.17, 15) is 19.2 Å². The Labute approximate surface area is 187 Å². The molecule has 0 saturated carbocycles. The Morgan fingerprint density at radius 1 is 0.750 bits per heavy atom. The van der Waals surface area contributed by atoms with Crippen molar-refractivity contribution in [3.8, 4) is 0 Å². The van der Waals surface area contributed by atoms with E-state index in [0.29, 0.717) is 0 Å². The van der Waals surface area contributed by atoms with Gasteiger partial charge in [-0.15, -0.1) is 0 Å². The maximum Gasteiger partial charge on any atom is 0.325 e. The van der Waals surface area contributed by atoms with E-state index in [0.717, 1.165) is 16.0 Å². The van der Waals surface area contributed by atoms with Crippen molar-refractivity contribution in [3.05, 3.63) is 71.8 Å². The summed E-state index contributed by atoms with van der Waals surface area (Å²) in [6.45, 7) is 1.86. The Hall–Kier alpha value is -3.68. The summed E-state index contributed by atoms with van der Waals surface area (Å²) in [4.78, 5) is 51.1. The molecule has 0 fully saturated rings. The summed E-state index contributed by atoms with van der Waals surface area (Å²) in [6.07, 6.45) is -0.0392. The molecule has 0 spiro atoms. The summed E-state index contributed by atoms with van der Waals surface area (Å²) in [5.41, 5.74) is 1.68. The molecule has 8 nitrogen and oxygen atoms in total. The molecule has 8 heteroatoms. The third kappa shape index (κ3) is 8.22. The fourth-order valence-electron chi connectivity index (χ4n) is 2.79. The molecule has 0 aliphatic carbocycles. The van der Waals surface area contributed by atoms with Gasteiger partial charge in [-0.1, -0.05) is 60.7 Å². The number of carbonyl (C=O) groups excluding carboxylic acids is 4. The minimum atomic E-state index is -0.846. The second kappa shape index (κ2) is 12.9.